The third kappa shape index (κ3) is 3.37. The Balaban J connectivity index is 1.37. The highest BCUT2D eigenvalue weighted by molar-refractivity contribution is 5.94. The van der Waals surface area contributed by atoms with Crippen LogP contribution in [0.5, 0.6) is 11.5 Å². The van der Waals surface area contributed by atoms with E-state index in [4.69, 9.17) is 9.47 Å². The van der Waals surface area contributed by atoms with Gasteiger partial charge in [0.25, 0.3) is 5.91 Å². The number of hydrogen-bond donors (Lipinski definition) is 1. The van der Waals surface area contributed by atoms with Crippen molar-refractivity contribution in [3.63, 3.8) is 0 Å². The summed E-state index contributed by atoms with van der Waals surface area (Å²) < 4.78 is 13.0. The first-order chi connectivity index (χ1) is 15.6. The van der Waals surface area contributed by atoms with Crippen LogP contribution in [-0.2, 0) is 0 Å². The molecule has 1 atom stereocenters. The highest BCUT2D eigenvalue weighted by Gasteiger charge is 2.30. The number of para-hydroxylation sites is 2. The fraction of sp³-hybridized carbons (Fsp3) is 0.292. The Morgan fingerprint density at radius 1 is 1.12 bits per heavy atom. The van der Waals surface area contributed by atoms with Gasteiger partial charge in [-0.15, -0.1) is 0 Å². The molecule has 32 heavy (non-hydrogen) atoms. The zero-order chi connectivity index (χ0) is 22.2. The Bertz CT molecular complexity index is 1290. The molecule has 2 aromatic heterocycles. The number of amides is 1. The lowest BCUT2D eigenvalue weighted by Crippen LogP contribution is -2.29. The standard InChI is InChI=1S/C24H25N5O3/c1-15-25-19-6-4-5-7-22(19)29(15)16-10-11-28(14-16)24(30)21-13-20(26-27-21)18-12-17(31-2)8-9-23(18)32-3/h4-9,12-13,16H,10-11,14H2,1-3H3,(H,26,27)/t16-/m1/s1. The monoisotopic (exact) mass is 431 g/mol. The maximum atomic E-state index is 13.2. The first-order valence-electron chi connectivity index (χ1n) is 10.6. The van der Waals surface area contributed by atoms with E-state index in [1.54, 1.807) is 20.3 Å². The van der Waals surface area contributed by atoms with Crippen molar-refractivity contribution in [2.45, 2.75) is 19.4 Å². The molecule has 4 aromatic rings. The fourth-order valence-corrected chi connectivity index (χ4v) is 4.52. The lowest BCUT2D eigenvalue weighted by atomic mass is 10.1. The van der Waals surface area contributed by atoms with Crippen molar-refractivity contribution in [1.82, 2.24) is 24.6 Å². The summed E-state index contributed by atoms with van der Waals surface area (Å²) in [4.78, 5) is 19.8. The van der Waals surface area contributed by atoms with Crippen LogP contribution in [0.1, 0.15) is 28.8 Å². The molecule has 3 heterocycles. The Kier molecular flexibility index (Phi) is 5.05. The Labute approximate surface area is 185 Å². The van der Waals surface area contributed by atoms with Crippen molar-refractivity contribution < 1.29 is 14.3 Å². The number of aromatic amines is 1. The number of carbonyl (C=O) groups is 1. The van der Waals surface area contributed by atoms with Gasteiger partial charge < -0.3 is 18.9 Å². The summed E-state index contributed by atoms with van der Waals surface area (Å²) in [6.45, 7) is 3.34. The molecule has 8 heteroatoms. The van der Waals surface area contributed by atoms with E-state index in [1.807, 2.05) is 48.2 Å². The van der Waals surface area contributed by atoms with Gasteiger partial charge in [0.1, 0.15) is 23.0 Å². The lowest BCUT2D eigenvalue weighted by molar-refractivity contribution is 0.0782. The summed E-state index contributed by atoms with van der Waals surface area (Å²) in [5.74, 6) is 2.27. The number of nitrogens with zero attached hydrogens (tertiary/aromatic N) is 4. The summed E-state index contributed by atoms with van der Waals surface area (Å²) in [5.41, 5.74) is 3.95. The van der Waals surface area contributed by atoms with Crippen LogP contribution < -0.4 is 9.47 Å². The average molecular weight is 431 g/mol. The SMILES string of the molecule is COc1ccc(OC)c(-c2cc(C(=O)N3CC[C@@H](n4c(C)nc5ccccc54)C3)[nH]n2)c1. The molecule has 0 bridgehead atoms. The van der Waals surface area contributed by atoms with E-state index in [0.29, 0.717) is 36.0 Å². The Morgan fingerprint density at radius 2 is 1.97 bits per heavy atom. The van der Waals surface area contributed by atoms with Crippen molar-refractivity contribution in [3.8, 4) is 22.8 Å². The molecule has 1 aliphatic rings. The number of rotatable bonds is 5. The predicted molar refractivity (Wildman–Crippen MR) is 121 cm³/mol. The van der Waals surface area contributed by atoms with Gasteiger partial charge in [-0.2, -0.15) is 5.10 Å². The molecule has 0 radical (unpaired) electrons. The van der Waals surface area contributed by atoms with E-state index in [2.05, 4.69) is 25.8 Å². The Hall–Kier alpha value is -3.81. The van der Waals surface area contributed by atoms with E-state index >= 15 is 0 Å². The molecular weight excluding hydrogens is 406 g/mol. The van der Waals surface area contributed by atoms with Gasteiger partial charge in [0.05, 0.1) is 37.0 Å². The van der Waals surface area contributed by atoms with E-state index in [-0.39, 0.29) is 11.9 Å². The number of aromatic nitrogens is 4. The van der Waals surface area contributed by atoms with Gasteiger partial charge in [-0.1, -0.05) is 12.1 Å². The van der Waals surface area contributed by atoms with E-state index in [0.717, 1.165) is 28.8 Å². The quantitative estimate of drug-likeness (QED) is 0.519. The van der Waals surface area contributed by atoms with Crippen LogP contribution in [0.25, 0.3) is 22.3 Å². The smallest absolute Gasteiger partial charge is 0.271 e. The molecule has 0 aliphatic carbocycles. The predicted octanol–water partition coefficient (Wildman–Crippen LogP) is 3.84. The number of hydrogen-bond acceptors (Lipinski definition) is 5. The van der Waals surface area contributed by atoms with E-state index < -0.39 is 0 Å². The molecule has 8 nitrogen and oxygen atoms in total. The number of aryl methyl sites for hydroxylation is 1. The topological polar surface area (TPSA) is 85.3 Å². The van der Waals surface area contributed by atoms with Gasteiger partial charge in [-0.3, -0.25) is 9.89 Å². The number of carbonyl (C=O) groups excluding carboxylic acids is 1. The first kappa shape index (κ1) is 20.1. The average Bonchev–Trinajstić information content (AvgIpc) is 3.56. The van der Waals surface area contributed by atoms with Crippen LogP contribution in [0, 0.1) is 6.92 Å². The van der Waals surface area contributed by atoms with Gasteiger partial charge in [-0.25, -0.2) is 4.98 Å². The summed E-state index contributed by atoms with van der Waals surface area (Å²) in [6.07, 6.45) is 0.887. The second kappa shape index (κ2) is 8.03. The normalized spacial score (nSPS) is 16.0. The lowest BCUT2D eigenvalue weighted by Gasteiger charge is -2.17. The number of benzene rings is 2. The van der Waals surface area contributed by atoms with E-state index in [9.17, 15) is 4.79 Å². The van der Waals surface area contributed by atoms with Crippen molar-refractivity contribution >= 4 is 16.9 Å². The third-order valence-electron chi connectivity index (χ3n) is 6.08. The first-order valence-corrected chi connectivity index (χ1v) is 10.6. The second-order valence-electron chi connectivity index (χ2n) is 7.94. The van der Waals surface area contributed by atoms with Crippen LogP contribution in [0.3, 0.4) is 0 Å². The number of imidazole rings is 1. The van der Waals surface area contributed by atoms with Crippen LogP contribution in [0.4, 0.5) is 0 Å². The summed E-state index contributed by atoms with van der Waals surface area (Å²) >= 11 is 0. The minimum Gasteiger partial charge on any atom is -0.497 e. The van der Waals surface area contributed by atoms with Gasteiger partial charge in [0.15, 0.2) is 0 Å². The van der Waals surface area contributed by atoms with Gasteiger partial charge in [0.2, 0.25) is 0 Å². The summed E-state index contributed by atoms with van der Waals surface area (Å²) in [6, 6.07) is 15.6. The van der Waals surface area contributed by atoms with Crippen molar-refractivity contribution in [3.05, 3.63) is 60.0 Å². The molecule has 1 N–H and O–H groups in total. The van der Waals surface area contributed by atoms with Crippen LogP contribution in [0.2, 0.25) is 0 Å². The number of likely N-dealkylation sites (tertiary alicyclic amines) is 1. The molecule has 5 rings (SSSR count). The molecule has 1 aliphatic heterocycles. The van der Waals surface area contributed by atoms with Gasteiger partial charge in [-0.05, 0) is 49.7 Å². The van der Waals surface area contributed by atoms with Gasteiger partial charge >= 0.3 is 0 Å². The highest BCUT2D eigenvalue weighted by Crippen LogP contribution is 2.33. The third-order valence-corrected chi connectivity index (χ3v) is 6.08. The molecule has 0 spiro atoms. The molecule has 2 aromatic carbocycles. The zero-order valence-corrected chi connectivity index (χ0v) is 18.3. The Morgan fingerprint density at radius 3 is 2.78 bits per heavy atom. The second-order valence-corrected chi connectivity index (χ2v) is 7.94. The van der Waals surface area contributed by atoms with Crippen molar-refractivity contribution in [2.24, 2.45) is 0 Å². The van der Waals surface area contributed by atoms with E-state index in [1.165, 1.54) is 0 Å². The minimum atomic E-state index is -0.0600. The molecule has 1 saturated heterocycles. The largest absolute Gasteiger partial charge is 0.497 e. The maximum Gasteiger partial charge on any atom is 0.271 e. The van der Waals surface area contributed by atoms with Crippen LogP contribution >= 0.6 is 0 Å². The van der Waals surface area contributed by atoms with Crippen LogP contribution in [-0.4, -0.2) is 57.9 Å². The maximum absolute atomic E-state index is 13.2. The number of methoxy groups -OCH3 is 2. The molecule has 1 fully saturated rings. The fourth-order valence-electron chi connectivity index (χ4n) is 4.52. The number of H-pyrrole nitrogens is 1. The molecule has 0 saturated carbocycles. The van der Waals surface area contributed by atoms with Crippen molar-refractivity contribution in [2.75, 3.05) is 27.3 Å². The molecule has 0 unspecified atom stereocenters. The zero-order valence-electron chi connectivity index (χ0n) is 18.3. The number of ether oxygens (including phenoxy) is 2. The van der Waals surface area contributed by atoms with Crippen molar-refractivity contribution in [1.29, 1.82) is 0 Å². The molecule has 164 valence electrons. The summed E-state index contributed by atoms with van der Waals surface area (Å²) in [5, 5.41) is 7.27. The number of nitrogens with one attached hydrogen (secondary N) is 1. The summed E-state index contributed by atoms with van der Waals surface area (Å²) in [7, 11) is 3.22. The number of fused-ring (bicyclic) bond motifs is 1. The molecular formula is C24H25N5O3. The molecule has 1 amide bonds. The van der Waals surface area contributed by atoms with Gasteiger partial charge in [0, 0.05) is 18.7 Å². The van der Waals surface area contributed by atoms with Crippen LogP contribution in [0.15, 0.2) is 48.5 Å². The highest BCUT2D eigenvalue weighted by atomic mass is 16.5. The minimum absolute atomic E-state index is 0.0600.